The van der Waals surface area contributed by atoms with Crippen LogP contribution >= 0.6 is 0 Å². The summed E-state index contributed by atoms with van der Waals surface area (Å²) < 4.78 is 0. The van der Waals surface area contributed by atoms with Crippen molar-refractivity contribution < 1.29 is 15.0 Å². The minimum absolute atomic E-state index is 0.0741. The lowest BCUT2D eigenvalue weighted by atomic mass is 9.51. The van der Waals surface area contributed by atoms with Gasteiger partial charge in [0.15, 0.2) is 0 Å². The Balaban J connectivity index is 1.60. The Kier molecular flexibility index (Phi) is 4.03. The Labute approximate surface area is 160 Å². The largest absolute Gasteiger partial charge is 0.507 e. The normalized spacial score (nSPS) is 35.8. The lowest BCUT2D eigenvalue weighted by Crippen LogP contribution is -2.63. The highest BCUT2D eigenvalue weighted by molar-refractivity contribution is 5.96. The van der Waals surface area contributed by atoms with E-state index >= 15 is 0 Å². The molecule has 0 radical (unpaired) electrons. The number of fused-ring (bicyclic) bond motifs is 1. The van der Waals surface area contributed by atoms with E-state index in [0.717, 1.165) is 49.3 Å². The van der Waals surface area contributed by atoms with Crippen molar-refractivity contribution in [2.24, 2.45) is 17.6 Å². The van der Waals surface area contributed by atoms with Gasteiger partial charge in [-0.1, -0.05) is 12.5 Å². The molecule has 3 aliphatic carbocycles. The molecule has 5 rings (SSSR count). The summed E-state index contributed by atoms with van der Waals surface area (Å²) >= 11 is 0. The van der Waals surface area contributed by atoms with Gasteiger partial charge in [0, 0.05) is 23.6 Å². The third-order valence-electron chi connectivity index (χ3n) is 8.07. The first-order valence-electron chi connectivity index (χ1n) is 10.6. The van der Waals surface area contributed by atoms with Gasteiger partial charge in [0.2, 0.25) is 0 Å². The van der Waals surface area contributed by atoms with Gasteiger partial charge in [0.25, 0.3) is 5.91 Å². The third kappa shape index (κ3) is 2.54. The summed E-state index contributed by atoms with van der Waals surface area (Å²) in [5.41, 5.74) is 7.57. The number of aliphatic hydroxyl groups excluding tert-OH is 1. The number of piperidine rings is 1. The summed E-state index contributed by atoms with van der Waals surface area (Å²) in [6, 6.07) is 4.16. The number of rotatable bonds is 3. The molecule has 1 heterocycles. The van der Waals surface area contributed by atoms with E-state index in [4.69, 9.17) is 5.73 Å². The number of carbonyl (C=O) groups is 1. The van der Waals surface area contributed by atoms with Crippen molar-refractivity contribution >= 4 is 5.91 Å². The Hall–Kier alpha value is -1.59. The molecule has 2 saturated carbocycles. The van der Waals surface area contributed by atoms with Crippen LogP contribution < -0.4 is 5.73 Å². The minimum atomic E-state index is -0.579. The number of nitrogens with two attached hydrogens (primary N) is 1. The van der Waals surface area contributed by atoms with Crippen LogP contribution in [-0.2, 0) is 11.8 Å². The van der Waals surface area contributed by atoms with Crippen LogP contribution in [-0.4, -0.2) is 46.3 Å². The molecule has 146 valence electrons. The zero-order valence-corrected chi connectivity index (χ0v) is 15.9. The Bertz CT molecular complexity index is 775. The van der Waals surface area contributed by atoms with Crippen LogP contribution in [0.3, 0.4) is 0 Å². The SMILES string of the molecule is NC(=O)c1ccc2c(c1O)C13CCN(CC4CCC4)[C@H](C2)[C@@H]1CC[C@H](O)C3. The van der Waals surface area contributed by atoms with E-state index < -0.39 is 5.91 Å². The standard InChI is InChI=1S/C22H30N2O3/c23-21(27)16-6-4-14-10-18-17-7-5-15(25)11-22(17,19(14)20(16)26)8-9-24(18)12-13-2-1-3-13/h4,6,13,15,17-18,25-26H,1-3,5,7-12H2,(H2,23,27)/t15-,17-,18+,22?/m0/s1. The van der Waals surface area contributed by atoms with Gasteiger partial charge in [0.1, 0.15) is 5.75 Å². The number of amides is 1. The number of carbonyl (C=O) groups excluding carboxylic acids is 1. The van der Waals surface area contributed by atoms with Gasteiger partial charge >= 0.3 is 0 Å². The van der Waals surface area contributed by atoms with Gasteiger partial charge in [0.05, 0.1) is 11.7 Å². The summed E-state index contributed by atoms with van der Waals surface area (Å²) in [5.74, 6) is 0.782. The minimum Gasteiger partial charge on any atom is -0.507 e. The van der Waals surface area contributed by atoms with E-state index in [1.54, 1.807) is 6.07 Å². The van der Waals surface area contributed by atoms with Crippen molar-refractivity contribution in [1.29, 1.82) is 0 Å². The van der Waals surface area contributed by atoms with E-state index in [1.165, 1.54) is 25.8 Å². The second kappa shape index (κ2) is 6.21. The maximum atomic E-state index is 11.8. The van der Waals surface area contributed by atoms with Crippen LogP contribution in [0.15, 0.2) is 12.1 Å². The fourth-order valence-electron chi connectivity index (χ4n) is 6.63. The van der Waals surface area contributed by atoms with Crippen molar-refractivity contribution in [3.05, 3.63) is 28.8 Å². The van der Waals surface area contributed by atoms with Crippen LogP contribution in [0.2, 0.25) is 0 Å². The quantitative estimate of drug-likeness (QED) is 0.762. The smallest absolute Gasteiger partial charge is 0.252 e. The van der Waals surface area contributed by atoms with Crippen molar-refractivity contribution in [1.82, 2.24) is 4.90 Å². The molecule has 1 aliphatic heterocycles. The molecule has 1 saturated heterocycles. The topological polar surface area (TPSA) is 86.8 Å². The van der Waals surface area contributed by atoms with Gasteiger partial charge in [-0.2, -0.15) is 0 Å². The van der Waals surface area contributed by atoms with E-state index in [-0.39, 0.29) is 22.8 Å². The first-order valence-corrected chi connectivity index (χ1v) is 10.6. The van der Waals surface area contributed by atoms with E-state index in [0.29, 0.717) is 18.4 Å². The first-order chi connectivity index (χ1) is 13.0. The number of phenols is 1. The summed E-state index contributed by atoms with van der Waals surface area (Å²) in [5, 5.41) is 21.5. The van der Waals surface area contributed by atoms with Crippen molar-refractivity contribution in [2.45, 2.75) is 68.9 Å². The zero-order chi connectivity index (χ0) is 18.8. The molecule has 0 aromatic heterocycles. The zero-order valence-electron chi connectivity index (χ0n) is 15.9. The molecule has 4 N–H and O–H groups in total. The summed E-state index contributed by atoms with van der Waals surface area (Å²) in [4.78, 5) is 14.5. The van der Waals surface area contributed by atoms with E-state index in [9.17, 15) is 15.0 Å². The highest BCUT2D eigenvalue weighted by atomic mass is 16.3. The lowest BCUT2D eigenvalue weighted by Gasteiger charge is -2.60. The van der Waals surface area contributed by atoms with Crippen LogP contribution in [0.5, 0.6) is 5.75 Å². The Morgan fingerprint density at radius 2 is 2.07 bits per heavy atom. The van der Waals surface area contributed by atoms with E-state index in [2.05, 4.69) is 4.90 Å². The molecule has 1 aromatic rings. The second-order valence-electron chi connectivity index (χ2n) is 9.37. The number of nitrogens with zero attached hydrogens (tertiary/aromatic N) is 1. The Morgan fingerprint density at radius 3 is 2.78 bits per heavy atom. The number of aliphatic hydroxyl groups is 1. The number of aromatic hydroxyl groups is 1. The van der Waals surface area contributed by atoms with Gasteiger partial charge < -0.3 is 15.9 Å². The maximum absolute atomic E-state index is 11.8. The second-order valence-corrected chi connectivity index (χ2v) is 9.37. The number of hydrogen-bond acceptors (Lipinski definition) is 4. The molecule has 0 spiro atoms. The molecule has 5 heteroatoms. The molecule has 3 fully saturated rings. The molecule has 1 amide bonds. The third-order valence-corrected chi connectivity index (χ3v) is 8.07. The van der Waals surface area contributed by atoms with Gasteiger partial charge in [-0.15, -0.1) is 0 Å². The molecule has 2 bridgehead atoms. The summed E-state index contributed by atoms with van der Waals surface area (Å²) in [6.45, 7) is 2.21. The summed E-state index contributed by atoms with van der Waals surface area (Å²) in [6.07, 6.45) is 8.15. The average molecular weight is 370 g/mol. The number of primary amides is 1. The summed E-state index contributed by atoms with van der Waals surface area (Å²) in [7, 11) is 0. The monoisotopic (exact) mass is 370 g/mol. The highest BCUT2D eigenvalue weighted by Gasteiger charge is 2.56. The molecule has 4 atom stereocenters. The van der Waals surface area contributed by atoms with Gasteiger partial charge in [-0.3, -0.25) is 9.69 Å². The highest BCUT2D eigenvalue weighted by Crippen LogP contribution is 2.58. The molecule has 1 aromatic carbocycles. The number of benzene rings is 1. The molecule has 27 heavy (non-hydrogen) atoms. The van der Waals surface area contributed by atoms with Crippen LogP contribution in [0, 0.1) is 11.8 Å². The van der Waals surface area contributed by atoms with Crippen LogP contribution in [0.1, 0.15) is 66.4 Å². The van der Waals surface area contributed by atoms with Crippen LogP contribution in [0.4, 0.5) is 0 Å². The molecule has 4 aliphatic rings. The fourth-order valence-corrected chi connectivity index (χ4v) is 6.63. The number of likely N-dealkylation sites (tertiary alicyclic amines) is 1. The number of hydrogen-bond donors (Lipinski definition) is 3. The van der Waals surface area contributed by atoms with Gasteiger partial charge in [-0.05, 0) is 75.0 Å². The van der Waals surface area contributed by atoms with Crippen LogP contribution in [0.25, 0.3) is 0 Å². The Morgan fingerprint density at radius 1 is 1.26 bits per heavy atom. The molecule has 5 nitrogen and oxygen atoms in total. The van der Waals surface area contributed by atoms with Crippen molar-refractivity contribution in [3.8, 4) is 5.75 Å². The predicted molar refractivity (Wildman–Crippen MR) is 103 cm³/mol. The molecular weight excluding hydrogens is 340 g/mol. The molecular formula is C22H30N2O3. The predicted octanol–water partition coefficient (Wildman–Crippen LogP) is 2.32. The van der Waals surface area contributed by atoms with E-state index in [1.807, 2.05) is 6.07 Å². The van der Waals surface area contributed by atoms with Crippen molar-refractivity contribution in [2.75, 3.05) is 13.1 Å². The first kappa shape index (κ1) is 17.5. The van der Waals surface area contributed by atoms with Gasteiger partial charge in [-0.25, -0.2) is 0 Å². The lowest BCUT2D eigenvalue weighted by molar-refractivity contribution is -0.0565. The van der Waals surface area contributed by atoms with Crippen molar-refractivity contribution in [3.63, 3.8) is 0 Å². The maximum Gasteiger partial charge on any atom is 0.252 e. The molecule has 1 unspecified atom stereocenters. The average Bonchev–Trinajstić information content (AvgIpc) is 2.58. The fraction of sp³-hybridized carbons (Fsp3) is 0.682.